The molecule has 2 amide bonds. The van der Waals surface area contributed by atoms with Crippen molar-refractivity contribution in [2.75, 3.05) is 6.54 Å². The standard InChI is InChI=1S/C16H18N2O2S/c19-15(7-6-14-8-9-21-12-14)18-11-16(20)17-10-13-4-2-1-3-5-13/h1-5,8-9,12H,6-7,10-11H2,(H,17,20)(H,18,19). The molecule has 1 heterocycles. The van der Waals surface area contributed by atoms with Gasteiger partial charge in [-0.25, -0.2) is 0 Å². The summed E-state index contributed by atoms with van der Waals surface area (Å²) in [6.45, 7) is 0.500. The Balaban J connectivity index is 1.61. The normalized spacial score (nSPS) is 10.1. The molecule has 0 aliphatic carbocycles. The van der Waals surface area contributed by atoms with Crippen molar-refractivity contribution in [2.24, 2.45) is 0 Å². The van der Waals surface area contributed by atoms with Crippen LogP contribution >= 0.6 is 11.3 Å². The maximum atomic E-state index is 11.6. The third kappa shape index (κ3) is 5.79. The zero-order valence-electron chi connectivity index (χ0n) is 11.7. The number of amides is 2. The van der Waals surface area contributed by atoms with E-state index < -0.39 is 0 Å². The topological polar surface area (TPSA) is 58.2 Å². The molecule has 0 radical (unpaired) electrons. The molecule has 1 aromatic carbocycles. The minimum absolute atomic E-state index is 0.0231. The first-order valence-corrected chi connectivity index (χ1v) is 7.77. The fraction of sp³-hybridized carbons (Fsp3) is 0.250. The first-order chi connectivity index (χ1) is 10.2. The van der Waals surface area contributed by atoms with E-state index in [0.29, 0.717) is 19.4 Å². The number of hydrogen-bond donors (Lipinski definition) is 2. The monoisotopic (exact) mass is 302 g/mol. The molecule has 0 atom stereocenters. The van der Waals surface area contributed by atoms with Gasteiger partial charge in [0.2, 0.25) is 11.8 Å². The van der Waals surface area contributed by atoms with Gasteiger partial charge in [0.05, 0.1) is 6.54 Å². The molecular formula is C16H18N2O2S. The molecule has 0 saturated carbocycles. The number of benzene rings is 1. The predicted molar refractivity (Wildman–Crippen MR) is 83.9 cm³/mol. The van der Waals surface area contributed by atoms with Gasteiger partial charge in [-0.3, -0.25) is 9.59 Å². The van der Waals surface area contributed by atoms with Gasteiger partial charge in [0.25, 0.3) is 0 Å². The van der Waals surface area contributed by atoms with Crippen molar-refractivity contribution in [1.29, 1.82) is 0 Å². The summed E-state index contributed by atoms with van der Waals surface area (Å²) < 4.78 is 0. The number of thiophene rings is 1. The number of nitrogens with one attached hydrogen (secondary N) is 2. The van der Waals surface area contributed by atoms with Crippen LogP contribution < -0.4 is 10.6 Å². The Morgan fingerprint density at radius 2 is 1.76 bits per heavy atom. The Morgan fingerprint density at radius 3 is 2.48 bits per heavy atom. The van der Waals surface area contributed by atoms with Gasteiger partial charge in [0, 0.05) is 13.0 Å². The van der Waals surface area contributed by atoms with Gasteiger partial charge in [-0.15, -0.1) is 0 Å². The molecule has 110 valence electrons. The summed E-state index contributed by atoms with van der Waals surface area (Å²) >= 11 is 1.62. The van der Waals surface area contributed by atoms with E-state index in [9.17, 15) is 9.59 Å². The van der Waals surface area contributed by atoms with Gasteiger partial charge in [0.15, 0.2) is 0 Å². The van der Waals surface area contributed by atoms with Crippen LogP contribution in [-0.4, -0.2) is 18.4 Å². The van der Waals surface area contributed by atoms with E-state index in [2.05, 4.69) is 10.6 Å². The van der Waals surface area contributed by atoms with E-state index in [4.69, 9.17) is 0 Å². The highest BCUT2D eigenvalue weighted by molar-refractivity contribution is 7.07. The minimum atomic E-state index is -0.178. The molecule has 2 N–H and O–H groups in total. The summed E-state index contributed by atoms with van der Waals surface area (Å²) in [6, 6.07) is 11.7. The lowest BCUT2D eigenvalue weighted by Crippen LogP contribution is -2.36. The smallest absolute Gasteiger partial charge is 0.239 e. The Morgan fingerprint density at radius 1 is 0.952 bits per heavy atom. The lowest BCUT2D eigenvalue weighted by Gasteiger charge is -2.07. The van der Waals surface area contributed by atoms with Gasteiger partial charge in [-0.1, -0.05) is 30.3 Å². The maximum Gasteiger partial charge on any atom is 0.239 e. The highest BCUT2D eigenvalue weighted by Crippen LogP contribution is 2.07. The second-order valence-corrected chi connectivity index (χ2v) is 5.45. The second-order valence-electron chi connectivity index (χ2n) is 4.67. The summed E-state index contributed by atoms with van der Waals surface area (Å²) in [4.78, 5) is 23.3. The van der Waals surface area contributed by atoms with Crippen LogP contribution in [0.1, 0.15) is 17.5 Å². The van der Waals surface area contributed by atoms with Crippen molar-refractivity contribution in [3.63, 3.8) is 0 Å². The van der Waals surface area contributed by atoms with E-state index in [0.717, 1.165) is 11.1 Å². The summed E-state index contributed by atoms with van der Waals surface area (Å²) in [6.07, 6.45) is 1.11. The van der Waals surface area contributed by atoms with Crippen molar-refractivity contribution >= 4 is 23.2 Å². The van der Waals surface area contributed by atoms with E-state index in [1.165, 1.54) is 0 Å². The molecule has 0 aliphatic heterocycles. The fourth-order valence-corrected chi connectivity index (χ4v) is 2.52. The number of hydrogen-bond acceptors (Lipinski definition) is 3. The van der Waals surface area contributed by atoms with Gasteiger partial charge in [-0.2, -0.15) is 11.3 Å². The first-order valence-electron chi connectivity index (χ1n) is 6.82. The lowest BCUT2D eigenvalue weighted by molar-refractivity contribution is -0.126. The van der Waals surface area contributed by atoms with E-state index in [1.807, 2.05) is 47.2 Å². The second kappa shape index (κ2) is 8.21. The number of rotatable bonds is 7. The third-order valence-corrected chi connectivity index (χ3v) is 3.73. The zero-order chi connectivity index (χ0) is 14.9. The van der Waals surface area contributed by atoms with Crippen molar-refractivity contribution in [1.82, 2.24) is 10.6 Å². The van der Waals surface area contributed by atoms with Crippen molar-refractivity contribution in [3.05, 3.63) is 58.3 Å². The predicted octanol–water partition coefficient (Wildman–Crippen LogP) is 2.11. The first kappa shape index (κ1) is 15.3. The van der Waals surface area contributed by atoms with Crippen LogP contribution in [0.25, 0.3) is 0 Å². The molecule has 0 unspecified atom stereocenters. The average molecular weight is 302 g/mol. The Bertz CT molecular complexity index is 567. The summed E-state index contributed by atoms with van der Waals surface area (Å²) in [5.74, 6) is -0.279. The van der Waals surface area contributed by atoms with Gasteiger partial charge in [-0.05, 0) is 34.4 Å². The van der Waals surface area contributed by atoms with Crippen LogP contribution in [0.15, 0.2) is 47.2 Å². The molecule has 21 heavy (non-hydrogen) atoms. The summed E-state index contributed by atoms with van der Waals surface area (Å²) in [5, 5.41) is 9.42. The number of carbonyl (C=O) groups is 2. The van der Waals surface area contributed by atoms with Gasteiger partial charge in [0.1, 0.15) is 0 Å². The number of aryl methyl sites for hydroxylation is 1. The van der Waals surface area contributed by atoms with Crippen molar-refractivity contribution < 1.29 is 9.59 Å². The molecule has 2 rings (SSSR count). The quantitative estimate of drug-likeness (QED) is 0.823. The van der Waals surface area contributed by atoms with Gasteiger partial charge >= 0.3 is 0 Å². The van der Waals surface area contributed by atoms with Crippen LogP contribution in [0.3, 0.4) is 0 Å². The summed E-state index contributed by atoms with van der Waals surface area (Å²) in [5.41, 5.74) is 2.19. The lowest BCUT2D eigenvalue weighted by atomic mass is 10.2. The van der Waals surface area contributed by atoms with Crippen LogP contribution in [0.2, 0.25) is 0 Å². The molecule has 4 nitrogen and oxygen atoms in total. The SMILES string of the molecule is O=C(CCc1ccsc1)NCC(=O)NCc1ccccc1. The van der Waals surface area contributed by atoms with Crippen molar-refractivity contribution in [3.8, 4) is 0 Å². The molecule has 5 heteroatoms. The molecular weight excluding hydrogens is 284 g/mol. The van der Waals surface area contributed by atoms with E-state index >= 15 is 0 Å². The average Bonchev–Trinajstić information content (AvgIpc) is 3.03. The van der Waals surface area contributed by atoms with Gasteiger partial charge < -0.3 is 10.6 Å². The highest BCUT2D eigenvalue weighted by atomic mass is 32.1. The zero-order valence-corrected chi connectivity index (χ0v) is 12.5. The highest BCUT2D eigenvalue weighted by Gasteiger charge is 2.06. The van der Waals surface area contributed by atoms with Crippen molar-refractivity contribution in [2.45, 2.75) is 19.4 Å². The Kier molecular flexibility index (Phi) is 5.97. The van der Waals surface area contributed by atoms with Crippen LogP contribution in [-0.2, 0) is 22.6 Å². The number of carbonyl (C=O) groups excluding carboxylic acids is 2. The molecule has 0 spiro atoms. The van der Waals surface area contributed by atoms with Crippen LogP contribution in [0, 0.1) is 0 Å². The molecule has 0 aliphatic rings. The van der Waals surface area contributed by atoms with Crippen LogP contribution in [0.5, 0.6) is 0 Å². The van der Waals surface area contributed by atoms with Crippen LogP contribution in [0.4, 0.5) is 0 Å². The Hall–Kier alpha value is -2.14. The summed E-state index contributed by atoms with van der Waals surface area (Å²) in [7, 11) is 0. The third-order valence-electron chi connectivity index (χ3n) is 3.00. The fourth-order valence-electron chi connectivity index (χ4n) is 1.82. The maximum absolute atomic E-state index is 11.6. The minimum Gasteiger partial charge on any atom is -0.350 e. The molecule has 1 aromatic heterocycles. The molecule has 2 aromatic rings. The van der Waals surface area contributed by atoms with E-state index in [1.54, 1.807) is 11.3 Å². The van der Waals surface area contributed by atoms with E-state index in [-0.39, 0.29) is 18.4 Å². The molecule has 0 fully saturated rings. The Labute approximate surface area is 128 Å². The largest absolute Gasteiger partial charge is 0.350 e. The molecule has 0 saturated heterocycles. The molecule has 0 bridgehead atoms.